The summed E-state index contributed by atoms with van der Waals surface area (Å²) in [5.41, 5.74) is 3.66. The summed E-state index contributed by atoms with van der Waals surface area (Å²) in [7, 11) is 0. The second kappa shape index (κ2) is 6.27. The Morgan fingerprint density at radius 3 is 2.80 bits per heavy atom. The molecule has 7 heteroatoms. The summed E-state index contributed by atoms with van der Waals surface area (Å²) >= 11 is 0. The van der Waals surface area contributed by atoms with Gasteiger partial charge in [0.1, 0.15) is 12.1 Å². The van der Waals surface area contributed by atoms with Gasteiger partial charge in [-0.2, -0.15) is 0 Å². The third kappa shape index (κ3) is 3.03. The van der Waals surface area contributed by atoms with Crippen LogP contribution in [0.5, 0.6) is 0 Å². The number of hydrogen-bond donors (Lipinski definition) is 1. The highest BCUT2D eigenvalue weighted by Gasteiger charge is 2.13. The summed E-state index contributed by atoms with van der Waals surface area (Å²) in [6.45, 7) is 2.27. The van der Waals surface area contributed by atoms with E-state index in [-0.39, 0.29) is 12.4 Å². The van der Waals surface area contributed by atoms with Crippen LogP contribution in [-0.2, 0) is 6.54 Å². The van der Waals surface area contributed by atoms with Gasteiger partial charge in [-0.15, -0.1) is 5.10 Å². The van der Waals surface area contributed by atoms with Crippen molar-refractivity contribution in [1.82, 2.24) is 25.0 Å². The number of benzene rings is 2. The Morgan fingerprint density at radius 1 is 1.08 bits per heavy atom. The zero-order chi connectivity index (χ0) is 17.2. The van der Waals surface area contributed by atoms with Crippen LogP contribution in [0, 0.1) is 12.7 Å². The molecule has 0 saturated heterocycles. The second-order valence-electron chi connectivity index (χ2n) is 5.73. The molecule has 0 unspecified atom stereocenters. The molecule has 0 bridgehead atoms. The fraction of sp³-hybridized carbons (Fsp3) is 0.111. The summed E-state index contributed by atoms with van der Waals surface area (Å²) in [6, 6.07) is 14.5. The molecule has 0 aliphatic carbocycles. The van der Waals surface area contributed by atoms with Gasteiger partial charge in [0.05, 0.1) is 6.54 Å². The van der Waals surface area contributed by atoms with Crippen LogP contribution < -0.4 is 5.32 Å². The number of rotatable bonds is 4. The van der Waals surface area contributed by atoms with Gasteiger partial charge in [-0.3, -0.25) is 0 Å². The molecule has 0 aliphatic rings. The molecule has 4 aromatic rings. The lowest BCUT2D eigenvalue weighted by atomic mass is 10.2. The van der Waals surface area contributed by atoms with Gasteiger partial charge >= 0.3 is 0 Å². The molecule has 0 atom stereocenters. The monoisotopic (exact) mass is 334 g/mol. The molecular formula is C18H15FN6. The zero-order valence-electron chi connectivity index (χ0n) is 13.5. The molecule has 25 heavy (non-hydrogen) atoms. The van der Waals surface area contributed by atoms with Crippen LogP contribution in [0.4, 0.5) is 15.9 Å². The van der Waals surface area contributed by atoms with E-state index in [0.29, 0.717) is 22.5 Å². The highest BCUT2D eigenvalue weighted by atomic mass is 19.1. The van der Waals surface area contributed by atoms with Crippen LogP contribution in [0.15, 0.2) is 54.9 Å². The van der Waals surface area contributed by atoms with Crippen LogP contribution in [0.2, 0.25) is 0 Å². The second-order valence-corrected chi connectivity index (χ2v) is 5.73. The van der Waals surface area contributed by atoms with Gasteiger partial charge in [-0.25, -0.2) is 19.0 Å². The first kappa shape index (κ1) is 15.2. The first-order chi connectivity index (χ1) is 12.2. The fourth-order valence-electron chi connectivity index (χ4n) is 2.64. The van der Waals surface area contributed by atoms with Crippen LogP contribution >= 0.6 is 0 Å². The molecule has 2 aromatic heterocycles. The van der Waals surface area contributed by atoms with Gasteiger partial charge in [0.15, 0.2) is 17.0 Å². The first-order valence-electron chi connectivity index (χ1n) is 7.82. The predicted octanol–water partition coefficient (Wildman–Crippen LogP) is 3.46. The minimum Gasteiger partial charge on any atom is -0.338 e. The molecular weight excluding hydrogens is 319 g/mol. The summed E-state index contributed by atoms with van der Waals surface area (Å²) < 4.78 is 15.4. The Balaban J connectivity index is 1.69. The van der Waals surface area contributed by atoms with E-state index in [4.69, 9.17) is 0 Å². The van der Waals surface area contributed by atoms with E-state index < -0.39 is 0 Å². The van der Waals surface area contributed by atoms with Crippen molar-refractivity contribution in [2.45, 2.75) is 13.5 Å². The molecule has 0 fully saturated rings. The molecule has 124 valence electrons. The van der Waals surface area contributed by atoms with E-state index in [2.05, 4.69) is 25.6 Å². The van der Waals surface area contributed by atoms with Gasteiger partial charge in [0, 0.05) is 11.3 Å². The minimum atomic E-state index is -0.279. The van der Waals surface area contributed by atoms with E-state index >= 15 is 0 Å². The fourth-order valence-corrected chi connectivity index (χ4v) is 2.64. The SMILES string of the molecule is Cc1cccc(Nc2ncnc3c2nnn3Cc2ccccc2F)c1. The molecule has 4 rings (SSSR count). The molecule has 2 heterocycles. The van der Waals surface area contributed by atoms with E-state index in [0.717, 1.165) is 11.3 Å². The van der Waals surface area contributed by atoms with Gasteiger partial charge in [0.25, 0.3) is 0 Å². The Labute approximate surface area is 143 Å². The van der Waals surface area contributed by atoms with Crippen LogP contribution in [0.3, 0.4) is 0 Å². The number of aryl methyl sites for hydroxylation is 1. The Bertz CT molecular complexity index is 1040. The summed E-state index contributed by atoms with van der Waals surface area (Å²) in [6.07, 6.45) is 1.45. The number of nitrogens with zero attached hydrogens (tertiary/aromatic N) is 5. The average molecular weight is 334 g/mol. The average Bonchev–Trinajstić information content (AvgIpc) is 3.01. The number of halogens is 1. The molecule has 2 aromatic carbocycles. The van der Waals surface area contributed by atoms with Crippen molar-refractivity contribution in [1.29, 1.82) is 0 Å². The van der Waals surface area contributed by atoms with Gasteiger partial charge in [-0.1, -0.05) is 35.5 Å². The molecule has 0 radical (unpaired) electrons. The molecule has 1 N–H and O–H groups in total. The standard InChI is InChI=1S/C18H15FN6/c1-12-5-4-7-14(9-12)22-17-16-18(21-11-20-17)25(24-23-16)10-13-6-2-3-8-15(13)19/h2-9,11H,10H2,1H3,(H,20,21,22). The maximum absolute atomic E-state index is 13.9. The normalized spacial score (nSPS) is 11.0. The first-order valence-corrected chi connectivity index (χ1v) is 7.82. The summed E-state index contributed by atoms with van der Waals surface area (Å²) in [5, 5.41) is 11.5. The lowest BCUT2D eigenvalue weighted by Crippen LogP contribution is -2.05. The number of hydrogen-bond acceptors (Lipinski definition) is 5. The van der Waals surface area contributed by atoms with Crippen LogP contribution in [-0.4, -0.2) is 25.0 Å². The van der Waals surface area contributed by atoms with Crippen LogP contribution in [0.1, 0.15) is 11.1 Å². The van der Waals surface area contributed by atoms with E-state index in [1.807, 2.05) is 31.2 Å². The topological polar surface area (TPSA) is 68.5 Å². The van der Waals surface area contributed by atoms with Crippen molar-refractivity contribution < 1.29 is 4.39 Å². The van der Waals surface area contributed by atoms with E-state index in [1.54, 1.807) is 22.9 Å². The largest absolute Gasteiger partial charge is 0.338 e. The number of anilines is 2. The Morgan fingerprint density at radius 2 is 1.96 bits per heavy atom. The summed E-state index contributed by atoms with van der Waals surface area (Å²) in [5.74, 6) is 0.286. The number of fused-ring (bicyclic) bond motifs is 1. The highest BCUT2D eigenvalue weighted by Crippen LogP contribution is 2.22. The third-order valence-electron chi connectivity index (χ3n) is 3.86. The van der Waals surface area contributed by atoms with Gasteiger partial charge in [0.2, 0.25) is 0 Å². The van der Waals surface area contributed by atoms with Crippen molar-refractivity contribution >= 4 is 22.7 Å². The molecule has 6 nitrogen and oxygen atoms in total. The minimum absolute atomic E-state index is 0.254. The number of aromatic nitrogens is 5. The van der Waals surface area contributed by atoms with Crippen molar-refractivity contribution in [3.8, 4) is 0 Å². The molecule has 0 aliphatic heterocycles. The lowest BCUT2D eigenvalue weighted by Gasteiger charge is -2.07. The Hall–Kier alpha value is -3.35. The van der Waals surface area contributed by atoms with E-state index in [9.17, 15) is 4.39 Å². The molecule has 0 saturated carbocycles. The van der Waals surface area contributed by atoms with E-state index in [1.165, 1.54) is 12.4 Å². The van der Waals surface area contributed by atoms with Crippen molar-refractivity contribution in [2.75, 3.05) is 5.32 Å². The van der Waals surface area contributed by atoms with Crippen LogP contribution in [0.25, 0.3) is 11.2 Å². The lowest BCUT2D eigenvalue weighted by molar-refractivity contribution is 0.582. The van der Waals surface area contributed by atoms with Gasteiger partial charge < -0.3 is 5.32 Å². The quantitative estimate of drug-likeness (QED) is 0.619. The maximum Gasteiger partial charge on any atom is 0.184 e. The smallest absolute Gasteiger partial charge is 0.184 e. The number of nitrogens with one attached hydrogen (secondary N) is 1. The third-order valence-corrected chi connectivity index (χ3v) is 3.86. The summed E-state index contributed by atoms with van der Waals surface area (Å²) in [4.78, 5) is 8.51. The van der Waals surface area contributed by atoms with Crippen molar-refractivity contribution in [3.63, 3.8) is 0 Å². The van der Waals surface area contributed by atoms with Crippen molar-refractivity contribution in [3.05, 3.63) is 71.8 Å². The Kier molecular flexibility index (Phi) is 3.81. The van der Waals surface area contributed by atoms with Gasteiger partial charge in [-0.05, 0) is 30.7 Å². The zero-order valence-corrected chi connectivity index (χ0v) is 13.5. The van der Waals surface area contributed by atoms with Crippen molar-refractivity contribution in [2.24, 2.45) is 0 Å². The maximum atomic E-state index is 13.9. The predicted molar refractivity (Wildman–Crippen MR) is 93.1 cm³/mol. The highest BCUT2D eigenvalue weighted by molar-refractivity contribution is 5.84. The molecule has 0 amide bonds. The molecule has 0 spiro atoms.